The van der Waals surface area contributed by atoms with Crippen molar-refractivity contribution in [2.75, 3.05) is 26.4 Å². The third-order valence-electron chi connectivity index (χ3n) is 11.8. The van der Waals surface area contributed by atoms with Crippen molar-refractivity contribution in [3.8, 4) is 0 Å². The van der Waals surface area contributed by atoms with Crippen molar-refractivity contribution in [2.24, 2.45) is 0 Å². The summed E-state index contributed by atoms with van der Waals surface area (Å²) in [5.74, 6) is -0.339. The van der Waals surface area contributed by atoms with Crippen molar-refractivity contribution in [3.05, 3.63) is 85.1 Å². The second-order valence-electron chi connectivity index (χ2n) is 17.9. The van der Waals surface area contributed by atoms with E-state index < -0.39 is 43.4 Å². The molecule has 0 bridgehead atoms. The van der Waals surface area contributed by atoms with Gasteiger partial charge in [-0.25, -0.2) is 0 Å². The van der Waals surface area contributed by atoms with Crippen LogP contribution in [-0.2, 0) is 23.7 Å². The van der Waals surface area contributed by atoms with E-state index in [0.29, 0.717) is 6.61 Å². The summed E-state index contributed by atoms with van der Waals surface area (Å²) in [6, 6.07) is 0. The van der Waals surface area contributed by atoms with Gasteiger partial charge in [0.05, 0.1) is 19.8 Å². The summed E-state index contributed by atoms with van der Waals surface area (Å²) in [7, 11) is 0. The fourth-order valence-corrected chi connectivity index (χ4v) is 7.67. The highest BCUT2D eigenvalue weighted by atomic mass is 16.7. The molecule has 6 atom stereocenters. The number of allylic oxidation sites excluding steroid dienone is 14. The van der Waals surface area contributed by atoms with Crippen molar-refractivity contribution in [2.45, 2.75) is 243 Å². The molecule has 0 aliphatic carbocycles. The molecular formula is C57H98O9. The minimum Gasteiger partial charge on any atom is -0.457 e. The Morgan fingerprint density at radius 3 is 1.41 bits per heavy atom. The summed E-state index contributed by atoms with van der Waals surface area (Å²) >= 11 is 0. The summed E-state index contributed by atoms with van der Waals surface area (Å²) in [4.78, 5) is 12.9. The van der Waals surface area contributed by atoms with E-state index in [-0.39, 0.29) is 25.6 Å². The van der Waals surface area contributed by atoms with Crippen molar-refractivity contribution >= 4 is 5.97 Å². The molecule has 1 fully saturated rings. The molecule has 9 heteroatoms. The van der Waals surface area contributed by atoms with E-state index in [9.17, 15) is 25.2 Å². The highest BCUT2D eigenvalue weighted by Gasteiger charge is 2.44. The van der Waals surface area contributed by atoms with Crippen LogP contribution in [0.15, 0.2) is 85.1 Å². The van der Waals surface area contributed by atoms with Gasteiger partial charge in [0.25, 0.3) is 0 Å². The highest BCUT2D eigenvalue weighted by molar-refractivity contribution is 5.69. The summed E-state index contributed by atoms with van der Waals surface area (Å²) in [6.45, 7) is 4.41. The number of hydrogen-bond acceptors (Lipinski definition) is 9. The quantitative estimate of drug-likeness (QED) is 0.0267. The van der Waals surface area contributed by atoms with Crippen LogP contribution >= 0.6 is 0 Å². The molecule has 1 rings (SSSR count). The molecule has 0 aromatic heterocycles. The third kappa shape index (κ3) is 37.4. The van der Waals surface area contributed by atoms with Crippen LogP contribution in [0.5, 0.6) is 0 Å². The highest BCUT2D eigenvalue weighted by Crippen LogP contribution is 2.23. The lowest BCUT2D eigenvalue weighted by atomic mass is 9.99. The number of rotatable bonds is 45. The predicted molar refractivity (Wildman–Crippen MR) is 274 cm³/mol. The van der Waals surface area contributed by atoms with Crippen molar-refractivity contribution in [1.82, 2.24) is 0 Å². The van der Waals surface area contributed by atoms with E-state index in [1.165, 1.54) is 103 Å². The van der Waals surface area contributed by atoms with Gasteiger partial charge >= 0.3 is 5.97 Å². The molecule has 0 amide bonds. The van der Waals surface area contributed by atoms with Gasteiger partial charge < -0.3 is 39.4 Å². The molecule has 0 spiro atoms. The maximum Gasteiger partial charge on any atom is 0.306 e. The minimum atomic E-state index is -1.55. The zero-order valence-corrected chi connectivity index (χ0v) is 41.9. The third-order valence-corrected chi connectivity index (χ3v) is 11.8. The first-order chi connectivity index (χ1) is 32.4. The number of unbranched alkanes of at least 4 members (excludes halogenated alkanes) is 20. The number of aliphatic hydroxyl groups excluding tert-OH is 4. The fourth-order valence-electron chi connectivity index (χ4n) is 7.67. The Bertz CT molecular complexity index is 1280. The minimum absolute atomic E-state index is 0.129. The largest absolute Gasteiger partial charge is 0.457 e. The van der Waals surface area contributed by atoms with E-state index in [1.54, 1.807) is 0 Å². The lowest BCUT2D eigenvalue weighted by molar-refractivity contribution is -0.305. The second kappa shape index (κ2) is 47.4. The molecule has 1 heterocycles. The SMILES string of the molecule is CC/C=C\C/C=C\C/C=C\C/C=C\C/C=C\C/C=C\CCCCCCC(=O)OC(COCCCCCCCCCCCC/C=C\CCCCCCCC)COC1OC(CO)C(O)C(O)C1O. The lowest BCUT2D eigenvalue weighted by Gasteiger charge is -2.39. The lowest BCUT2D eigenvalue weighted by Crippen LogP contribution is -2.59. The number of ether oxygens (including phenoxy) is 4. The van der Waals surface area contributed by atoms with Gasteiger partial charge in [0.1, 0.15) is 30.5 Å². The smallest absolute Gasteiger partial charge is 0.306 e. The number of aliphatic hydroxyl groups is 4. The van der Waals surface area contributed by atoms with Crippen LogP contribution < -0.4 is 0 Å². The standard InChI is InChI=1S/C57H98O9/c1-3-5-7-9-11-13-15-17-19-21-23-25-26-27-28-30-32-34-36-38-40-42-44-46-53(59)65-51(50-64-57-56(62)55(61)54(60)52(48-58)66-57)49-63-47-45-43-41-39-37-35-33-31-29-24-22-20-18-16-14-12-10-8-6-4-2/h5,7,11,13,17-20,23,25,27-28,32,34,51-52,54-58,60-62H,3-4,6,8-10,12,14-16,21-22,24,26,29-31,33,35-50H2,1-2H3/b7-5-,13-11-,19-17-,20-18-,25-23-,28-27-,34-32-. The predicted octanol–water partition coefficient (Wildman–Crippen LogP) is 13.4. The zero-order chi connectivity index (χ0) is 47.8. The van der Waals surface area contributed by atoms with Crippen molar-refractivity contribution in [1.29, 1.82) is 0 Å². The Balaban J connectivity index is 2.23. The van der Waals surface area contributed by atoms with Crippen LogP contribution in [0.1, 0.15) is 206 Å². The Morgan fingerprint density at radius 1 is 0.500 bits per heavy atom. The van der Waals surface area contributed by atoms with E-state index in [0.717, 1.165) is 83.5 Å². The second-order valence-corrected chi connectivity index (χ2v) is 17.9. The average molecular weight is 927 g/mol. The van der Waals surface area contributed by atoms with E-state index in [4.69, 9.17) is 18.9 Å². The molecule has 1 saturated heterocycles. The summed E-state index contributed by atoms with van der Waals surface area (Å²) in [5.41, 5.74) is 0. The molecule has 380 valence electrons. The van der Waals surface area contributed by atoms with Gasteiger partial charge in [0.15, 0.2) is 6.29 Å². The molecule has 0 aromatic rings. The molecular weight excluding hydrogens is 829 g/mol. The Labute approximate surface area is 403 Å². The van der Waals surface area contributed by atoms with Gasteiger partial charge in [-0.05, 0) is 89.9 Å². The maximum atomic E-state index is 12.9. The molecule has 1 aliphatic heterocycles. The number of carbonyl (C=O) groups excluding carboxylic acids is 1. The van der Waals surface area contributed by atoms with E-state index in [1.807, 2.05) is 0 Å². The summed E-state index contributed by atoms with van der Waals surface area (Å²) in [5, 5.41) is 40.3. The van der Waals surface area contributed by atoms with Gasteiger partial charge in [-0.2, -0.15) is 0 Å². The fraction of sp³-hybridized carbons (Fsp3) is 0.737. The Morgan fingerprint density at radius 2 is 0.924 bits per heavy atom. The molecule has 0 radical (unpaired) electrons. The number of esters is 1. The Hall–Kier alpha value is -2.63. The first-order valence-electron chi connectivity index (χ1n) is 26.7. The van der Waals surface area contributed by atoms with Crippen LogP contribution in [-0.4, -0.2) is 89.6 Å². The van der Waals surface area contributed by atoms with Gasteiger partial charge in [-0.15, -0.1) is 0 Å². The van der Waals surface area contributed by atoms with Crippen LogP contribution in [0.25, 0.3) is 0 Å². The molecule has 9 nitrogen and oxygen atoms in total. The van der Waals surface area contributed by atoms with E-state index >= 15 is 0 Å². The number of hydrogen-bond donors (Lipinski definition) is 4. The monoisotopic (exact) mass is 927 g/mol. The topological polar surface area (TPSA) is 135 Å². The van der Waals surface area contributed by atoms with Gasteiger partial charge in [-0.1, -0.05) is 195 Å². The summed E-state index contributed by atoms with van der Waals surface area (Å²) in [6.07, 6.45) is 57.6. The summed E-state index contributed by atoms with van der Waals surface area (Å²) < 4.78 is 22.9. The molecule has 1 aliphatic rings. The van der Waals surface area contributed by atoms with Crippen molar-refractivity contribution < 1.29 is 44.2 Å². The van der Waals surface area contributed by atoms with Crippen LogP contribution in [0, 0.1) is 0 Å². The molecule has 0 aromatic carbocycles. The molecule has 0 saturated carbocycles. The van der Waals surface area contributed by atoms with Crippen LogP contribution in [0.2, 0.25) is 0 Å². The van der Waals surface area contributed by atoms with Crippen LogP contribution in [0.4, 0.5) is 0 Å². The maximum absolute atomic E-state index is 12.9. The van der Waals surface area contributed by atoms with Gasteiger partial charge in [-0.3, -0.25) is 4.79 Å². The zero-order valence-electron chi connectivity index (χ0n) is 41.9. The first-order valence-corrected chi connectivity index (χ1v) is 26.7. The first kappa shape index (κ1) is 61.4. The molecule has 4 N–H and O–H groups in total. The Kier molecular flexibility index (Phi) is 44.1. The number of carbonyl (C=O) groups is 1. The van der Waals surface area contributed by atoms with Crippen LogP contribution in [0.3, 0.4) is 0 Å². The van der Waals surface area contributed by atoms with Crippen molar-refractivity contribution in [3.63, 3.8) is 0 Å². The van der Waals surface area contributed by atoms with E-state index in [2.05, 4.69) is 98.9 Å². The molecule has 6 unspecified atom stereocenters. The molecule has 66 heavy (non-hydrogen) atoms. The average Bonchev–Trinajstić information content (AvgIpc) is 3.32. The normalized spacial score (nSPS) is 20.0. The van der Waals surface area contributed by atoms with Gasteiger partial charge in [0, 0.05) is 13.0 Å². The van der Waals surface area contributed by atoms with Gasteiger partial charge in [0.2, 0.25) is 0 Å².